The maximum absolute atomic E-state index is 4.89. The van der Waals surface area contributed by atoms with Gasteiger partial charge in [0.25, 0.3) is 0 Å². The molecule has 0 unspecified atom stereocenters. The Morgan fingerprint density at radius 3 is 1.56 bits per heavy atom. The van der Waals surface area contributed by atoms with Gasteiger partial charge in [-0.25, -0.2) is 0 Å². The van der Waals surface area contributed by atoms with Crippen LogP contribution in [0.1, 0.15) is 25.2 Å². The summed E-state index contributed by atoms with van der Waals surface area (Å²) < 4.78 is 3.41. The van der Waals surface area contributed by atoms with E-state index in [9.17, 15) is 0 Å². The van der Waals surface area contributed by atoms with Crippen LogP contribution < -0.4 is 0 Å². The number of fused-ring (bicyclic) bond motifs is 2. The number of pyridine rings is 2. The summed E-state index contributed by atoms with van der Waals surface area (Å²) in [5.74, 6) is 1.31. The third-order valence-corrected chi connectivity index (χ3v) is 5.46. The Bertz CT molecular complexity index is 1500. The van der Waals surface area contributed by atoms with Crippen molar-refractivity contribution < 1.29 is 21.1 Å². The molecule has 0 radical (unpaired) electrons. The summed E-state index contributed by atoms with van der Waals surface area (Å²) in [7, 11) is 0. The van der Waals surface area contributed by atoms with Crippen molar-refractivity contribution >= 4 is 22.6 Å². The van der Waals surface area contributed by atoms with Crippen LogP contribution in [0.2, 0.25) is 0 Å². The van der Waals surface area contributed by atoms with Gasteiger partial charge < -0.3 is 19.1 Å². The molecule has 6 heterocycles. The fourth-order valence-corrected chi connectivity index (χ4v) is 3.65. The quantitative estimate of drug-likeness (QED) is 0.275. The smallest absolute Gasteiger partial charge is 0.395 e. The van der Waals surface area contributed by atoms with Crippen LogP contribution in [0.5, 0.6) is 0 Å². The molecule has 11 heteroatoms. The van der Waals surface area contributed by atoms with Gasteiger partial charge in [0.1, 0.15) is 0 Å². The van der Waals surface area contributed by atoms with E-state index in [2.05, 4.69) is 56.4 Å². The van der Waals surface area contributed by atoms with Crippen molar-refractivity contribution in [3.8, 4) is 11.6 Å². The third kappa shape index (κ3) is 3.56. The zero-order valence-corrected chi connectivity index (χ0v) is 20.3. The minimum Gasteiger partial charge on any atom is -0.395 e. The molecule has 0 fully saturated rings. The molecule has 0 amide bonds. The molecule has 0 saturated carbocycles. The minimum atomic E-state index is -0.504. The Morgan fingerprint density at radius 2 is 1.09 bits per heavy atom. The molecule has 6 aromatic heterocycles. The van der Waals surface area contributed by atoms with Crippen LogP contribution in [0.4, 0.5) is 0 Å². The second-order valence-electron chi connectivity index (χ2n) is 7.89. The van der Waals surface area contributed by atoms with Crippen LogP contribution >= 0.6 is 0 Å². The van der Waals surface area contributed by atoms with Gasteiger partial charge in [0.15, 0.2) is 0 Å². The summed E-state index contributed by atoms with van der Waals surface area (Å²) >= 11 is 0. The summed E-state index contributed by atoms with van der Waals surface area (Å²) in [6.07, 6.45) is 12.3. The van der Waals surface area contributed by atoms with Gasteiger partial charge in [0.2, 0.25) is 0 Å². The molecule has 168 valence electrons. The number of nitrogens with zero attached hydrogens (tertiary/aromatic N) is 10. The average Bonchev–Trinajstić information content (AvgIpc) is 3.49. The Kier molecular flexibility index (Phi) is 5.45. The minimum absolute atomic E-state index is 0. The molecule has 0 atom stereocenters. The van der Waals surface area contributed by atoms with Crippen molar-refractivity contribution in [1.29, 1.82) is 0 Å². The van der Waals surface area contributed by atoms with E-state index in [-0.39, 0.29) is 21.1 Å². The van der Waals surface area contributed by atoms with Gasteiger partial charge >= 0.3 is 21.1 Å². The maximum Gasteiger partial charge on any atom is 2.00 e. The standard InChI is InChI=1S/C23H16N10.Pt/c1-23(2,15-5-3-7-17(30-15)32-13-28-19-21(32)26-11-9-24-19)16-6-4-8-18(31-16)33-14-29-20-22(33)27-12-10-25-20;/h3-12H,1-2H3;/q-2;+2. The molecule has 0 aliphatic carbocycles. The number of aromatic nitrogens is 10. The summed E-state index contributed by atoms with van der Waals surface area (Å²) in [5, 5.41) is 0. The molecule has 0 aliphatic heterocycles. The predicted octanol–water partition coefficient (Wildman–Crippen LogP) is 2.66. The van der Waals surface area contributed by atoms with E-state index in [1.165, 1.54) is 0 Å². The Balaban J connectivity index is 0.00000241. The summed E-state index contributed by atoms with van der Waals surface area (Å²) in [6, 6.07) is 11.6. The van der Waals surface area contributed by atoms with Gasteiger partial charge in [0, 0.05) is 54.2 Å². The van der Waals surface area contributed by atoms with Crippen molar-refractivity contribution in [2.75, 3.05) is 0 Å². The van der Waals surface area contributed by atoms with E-state index in [0.29, 0.717) is 34.2 Å². The maximum atomic E-state index is 4.89. The largest absolute Gasteiger partial charge is 2.00 e. The van der Waals surface area contributed by atoms with Crippen molar-refractivity contribution in [3.05, 3.63) is 85.2 Å². The Morgan fingerprint density at radius 1 is 0.647 bits per heavy atom. The Labute approximate surface area is 208 Å². The zero-order chi connectivity index (χ0) is 22.4. The summed E-state index contributed by atoms with van der Waals surface area (Å²) in [5.41, 5.74) is 3.41. The van der Waals surface area contributed by atoms with Crippen LogP contribution in [-0.4, -0.2) is 49.0 Å². The van der Waals surface area contributed by atoms with Crippen LogP contribution in [0, 0.1) is 12.7 Å². The molecule has 0 spiro atoms. The fraction of sp³-hybridized carbons (Fsp3) is 0.130. The average molecular weight is 628 g/mol. The number of imidazole rings is 2. The normalized spacial score (nSPS) is 11.6. The van der Waals surface area contributed by atoms with E-state index >= 15 is 0 Å². The van der Waals surface area contributed by atoms with Crippen molar-refractivity contribution in [1.82, 2.24) is 49.0 Å². The van der Waals surface area contributed by atoms with Crippen molar-refractivity contribution in [2.24, 2.45) is 0 Å². The first-order chi connectivity index (χ1) is 16.1. The second-order valence-corrected chi connectivity index (χ2v) is 7.89. The fourth-order valence-electron chi connectivity index (χ4n) is 3.65. The first-order valence-corrected chi connectivity index (χ1v) is 10.2. The first-order valence-electron chi connectivity index (χ1n) is 10.2. The molecule has 10 nitrogen and oxygen atoms in total. The van der Waals surface area contributed by atoms with E-state index < -0.39 is 5.41 Å². The van der Waals surface area contributed by atoms with E-state index in [0.717, 1.165) is 11.4 Å². The molecular formula is C23H16N10Pt. The Hall–Kier alpha value is -3.91. The molecule has 0 aliphatic rings. The monoisotopic (exact) mass is 627 g/mol. The third-order valence-electron chi connectivity index (χ3n) is 5.46. The van der Waals surface area contributed by atoms with Crippen LogP contribution in [-0.2, 0) is 26.5 Å². The molecule has 6 rings (SSSR count). The number of rotatable bonds is 4. The molecule has 6 aromatic rings. The second kappa shape index (κ2) is 8.46. The zero-order valence-electron chi connectivity index (χ0n) is 18.1. The van der Waals surface area contributed by atoms with Gasteiger partial charge in [-0.2, -0.15) is 0 Å². The van der Waals surface area contributed by atoms with Gasteiger partial charge in [-0.05, 0) is 26.0 Å². The van der Waals surface area contributed by atoms with Gasteiger partial charge in [-0.1, -0.05) is 24.3 Å². The molecule has 0 aromatic carbocycles. The molecule has 34 heavy (non-hydrogen) atoms. The molecule has 0 saturated heterocycles. The SMILES string of the molecule is CC(C)(c1cccc(-n2[c-]nc3nccnc32)n1)c1cccc(-n2[c-]nc3nccnc32)n1.[Pt+2]. The van der Waals surface area contributed by atoms with Gasteiger partial charge in [-0.3, -0.25) is 29.9 Å². The molecular weight excluding hydrogens is 611 g/mol. The van der Waals surface area contributed by atoms with Crippen LogP contribution in [0.15, 0.2) is 61.2 Å². The van der Waals surface area contributed by atoms with Crippen LogP contribution in [0.3, 0.4) is 0 Å². The van der Waals surface area contributed by atoms with Gasteiger partial charge in [-0.15, -0.1) is 0 Å². The van der Waals surface area contributed by atoms with Crippen molar-refractivity contribution in [3.63, 3.8) is 0 Å². The van der Waals surface area contributed by atoms with Crippen molar-refractivity contribution in [2.45, 2.75) is 19.3 Å². The van der Waals surface area contributed by atoms with E-state index in [4.69, 9.17) is 9.97 Å². The van der Waals surface area contributed by atoms with E-state index in [1.807, 2.05) is 36.4 Å². The van der Waals surface area contributed by atoms with Gasteiger partial charge in [0.05, 0.1) is 34.2 Å². The molecule has 0 bridgehead atoms. The summed E-state index contributed by atoms with van der Waals surface area (Å²) in [6.45, 7) is 4.16. The predicted molar refractivity (Wildman–Crippen MR) is 119 cm³/mol. The van der Waals surface area contributed by atoms with E-state index in [1.54, 1.807) is 33.9 Å². The topological polar surface area (TPSA) is 113 Å². The number of hydrogen-bond donors (Lipinski definition) is 0. The summed E-state index contributed by atoms with van der Waals surface area (Å²) in [4.78, 5) is 35.3. The number of hydrogen-bond acceptors (Lipinski definition) is 8. The molecule has 0 N–H and O–H groups in total. The first kappa shape index (κ1) is 21.9. The van der Waals surface area contributed by atoms with Crippen LogP contribution in [0.25, 0.3) is 34.2 Å².